The van der Waals surface area contributed by atoms with Gasteiger partial charge in [0.05, 0.1) is 17.3 Å². The van der Waals surface area contributed by atoms with Crippen LogP contribution in [-0.4, -0.2) is 4.98 Å². The van der Waals surface area contributed by atoms with Crippen LogP contribution >= 0.6 is 11.3 Å². The van der Waals surface area contributed by atoms with Crippen LogP contribution in [0.25, 0.3) is 11.3 Å². The molecule has 0 unspecified atom stereocenters. The molecule has 0 aliphatic heterocycles. The van der Waals surface area contributed by atoms with E-state index in [1.165, 1.54) is 21.8 Å². The molecule has 0 amide bonds. The van der Waals surface area contributed by atoms with Crippen LogP contribution in [-0.2, 0) is 6.42 Å². The highest BCUT2D eigenvalue weighted by Crippen LogP contribution is 2.40. The summed E-state index contributed by atoms with van der Waals surface area (Å²) < 4.78 is 0. The Bertz CT molecular complexity index is 592. The second-order valence-corrected chi connectivity index (χ2v) is 4.60. The summed E-state index contributed by atoms with van der Waals surface area (Å²) in [4.78, 5) is 5.51. The summed E-state index contributed by atoms with van der Waals surface area (Å²) in [5.41, 5.74) is 9.67. The molecule has 3 rings (SSSR count). The molecule has 4 heteroatoms. The van der Waals surface area contributed by atoms with Gasteiger partial charge in [0.25, 0.3) is 0 Å². The third-order valence-electron chi connectivity index (χ3n) is 2.55. The molecule has 1 heterocycles. The molecule has 1 aliphatic rings. The zero-order valence-corrected chi connectivity index (χ0v) is 8.64. The number of fused-ring (bicyclic) bond motifs is 3. The Labute approximate surface area is 90.8 Å². The Morgan fingerprint density at radius 1 is 1.47 bits per heavy atom. The maximum atomic E-state index is 8.80. The molecule has 2 N–H and O–H groups in total. The van der Waals surface area contributed by atoms with Gasteiger partial charge >= 0.3 is 0 Å². The summed E-state index contributed by atoms with van der Waals surface area (Å²) >= 11 is 1.53. The highest BCUT2D eigenvalue weighted by Gasteiger charge is 2.22. The topological polar surface area (TPSA) is 62.7 Å². The van der Waals surface area contributed by atoms with Gasteiger partial charge in [0.1, 0.15) is 0 Å². The first-order chi connectivity index (χ1) is 7.28. The SMILES string of the molecule is N#Cc1ccc2c(c1)Cc1sc(N)nc1-2. The average Bonchev–Trinajstić information content (AvgIpc) is 2.72. The molecule has 0 saturated heterocycles. The lowest BCUT2D eigenvalue weighted by atomic mass is 10.1. The minimum absolute atomic E-state index is 0.620. The van der Waals surface area contributed by atoms with Gasteiger partial charge in [-0.05, 0) is 17.7 Å². The molecule has 1 aromatic carbocycles. The molecule has 72 valence electrons. The third-order valence-corrected chi connectivity index (χ3v) is 3.44. The van der Waals surface area contributed by atoms with Crippen molar-refractivity contribution in [3.63, 3.8) is 0 Å². The molecule has 3 nitrogen and oxygen atoms in total. The van der Waals surface area contributed by atoms with Crippen molar-refractivity contribution in [2.45, 2.75) is 6.42 Å². The van der Waals surface area contributed by atoms with E-state index in [1.54, 1.807) is 0 Å². The van der Waals surface area contributed by atoms with E-state index < -0.39 is 0 Å². The smallest absolute Gasteiger partial charge is 0.180 e. The van der Waals surface area contributed by atoms with Crippen LogP contribution in [0.5, 0.6) is 0 Å². The Hall–Kier alpha value is -1.86. The van der Waals surface area contributed by atoms with E-state index >= 15 is 0 Å². The molecule has 0 radical (unpaired) electrons. The minimum Gasteiger partial charge on any atom is -0.375 e. The standard InChI is InChI=1S/C11H7N3S/c12-5-6-1-2-8-7(3-6)4-9-10(8)14-11(13)15-9/h1-3H,4H2,(H2,13,14). The normalized spacial score (nSPS) is 11.9. The quantitative estimate of drug-likeness (QED) is 0.622. The number of aromatic nitrogens is 1. The van der Waals surface area contributed by atoms with E-state index in [0.717, 1.165) is 17.7 Å². The van der Waals surface area contributed by atoms with E-state index in [2.05, 4.69) is 11.1 Å². The Morgan fingerprint density at radius 3 is 3.13 bits per heavy atom. The number of nitrogens with two attached hydrogens (primary N) is 1. The molecule has 0 fully saturated rings. The van der Waals surface area contributed by atoms with Crippen molar-refractivity contribution < 1.29 is 0 Å². The number of rotatable bonds is 0. The molecule has 0 spiro atoms. The van der Waals surface area contributed by atoms with Crippen LogP contribution in [0.15, 0.2) is 18.2 Å². The summed E-state index contributed by atoms with van der Waals surface area (Å²) in [5, 5.41) is 9.42. The van der Waals surface area contributed by atoms with Crippen molar-refractivity contribution in [1.29, 1.82) is 5.26 Å². The molecule has 0 saturated carbocycles. The monoisotopic (exact) mass is 213 g/mol. The number of nitrogen functional groups attached to an aromatic ring is 1. The number of hydrogen-bond donors (Lipinski definition) is 1. The van der Waals surface area contributed by atoms with Crippen molar-refractivity contribution in [1.82, 2.24) is 4.98 Å². The molecule has 0 bridgehead atoms. The van der Waals surface area contributed by atoms with Gasteiger partial charge in [0.15, 0.2) is 5.13 Å². The second kappa shape index (κ2) is 2.81. The van der Waals surface area contributed by atoms with Gasteiger partial charge in [-0.3, -0.25) is 0 Å². The van der Waals surface area contributed by atoms with E-state index in [-0.39, 0.29) is 0 Å². The maximum Gasteiger partial charge on any atom is 0.180 e. The molecular formula is C11H7N3S. The van der Waals surface area contributed by atoms with E-state index in [9.17, 15) is 0 Å². The maximum absolute atomic E-state index is 8.80. The molecule has 2 aromatic rings. The number of anilines is 1. The predicted molar refractivity (Wildman–Crippen MR) is 59.5 cm³/mol. The first-order valence-corrected chi connectivity index (χ1v) is 5.38. The predicted octanol–water partition coefficient (Wildman–Crippen LogP) is 2.17. The lowest BCUT2D eigenvalue weighted by molar-refractivity contribution is 1.30. The fourth-order valence-electron chi connectivity index (χ4n) is 1.91. The van der Waals surface area contributed by atoms with Gasteiger partial charge in [-0.25, -0.2) is 4.98 Å². The van der Waals surface area contributed by atoms with Crippen LogP contribution in [0, 0.1) is 11.3 Å². The number of nitriles is 1. The van der Waals surface area contributed by atoms with Gasteiger partial charge < -0.3 is 5.73 Å². The van der Waals surface area contributed by atoms with E-state index in [1.807, 2.05) is 18.2 Å². The minimum atomic E-state index is 0.620. The van der Waals surface area contributed by atoms with E-state index in [4.69, 9.17) is 11.0 Å². The fraction of sp³-hybridized carbons (Fsp3) is 0.0909. The van der Waals surface area contributed by atoms with Crippen LogP contribution in [0.1, 0.15) is 16.0 Å². The van der Waals surface area contributed by atoms with Gasteiger partial charge in [0.2, 0.25) is 0 Å². The van der Waals surface area contributed by atoms with Crippen LogP contribution in [0.2, 0.25) is 0 Å². The molecule has 1 aromatic heterocycles. The zero-order valence-electron chi connectivity index (χ0n) is 7.82. The van der Waals surface area contributed by atoms with Crippen LogP contribution in [0.4, 0.5) is 5.13 Å². The summed E-state index contributed by atoms with van der Waals surface area (Å²) in [7, 11) is 0. The number of thiazole rings is 1. The van der Waals surface area contributed by atoms with E-state index in [0.29, 0.717) is 10.7 Å². The van der Waals surface area contributed by atoms with Crippen molar-refractivity contribution >= 4 is 16.5 Å². The first kappa shape index (κ1) is 8.45. The van der Waals surface area contributed by atoms with Gasteiger partial charge in [0, 0.05) is 16.9 Å². The Kier molecular flexibility index (Phi) is 1.58. The third kappa shape index (κ3) is 1.14. The Morgan fingerprint density at radius 2 is 2.33 bits per heavy atom. The van der Waals surface area contributed by atoms with Gasteiger partial charge in [-0.1, -0.05) is 6.07 Å². The number of hydrogen-bond acceptors (Lipinski definition) is 4. The lowest BCUT2D eigenvalue weighted by Gasteiger charge is -1.98. The van der Waals surface area contributed by atoms with Crippen molar-refractivity contribution in [3.8, 4) is 17.3 Å². The number of nitrogens with zero attached hydrogens (tertiary/aromatic N) is 2. The molecule has 0 atom stereocenters. The summed E-state index contributed by atoms with van der Waals surface area (Å²) in [5.74, 6) is 0. The highest BCUT2D eigenvalue weighted by molar-refractivity contribution is 7.15. The van der Waals surface area contributed by atoms with Gasteiger partial charge in [-0.15, -0.1) is 11.3 Å². The van der Waals surface area contributed by atoms with Crippen molar-refractivity contribution in [3.05, 3.63) is 34.2 Å². The first-order valence-electron chi connectivity index (χ1n) is 4.56. The molecular weight excluding hydrogens is 206 g/mol. The summed E-state index contributed by atoms with van der Waals surface area (Å²) in [6.45, 7) is 0. The average molecular weight is 213 g/mol. The Balaban J connectivity index is 2.21. The summed E-state index contributed by atoms with van der Waals surface area (Å²) in [6, 6.07) is 7.86. The molecule has 15 heavy (non-hydrogen) atoms. The van der Waals surface area contributed by atoms with Crippen molar-refractivity contribution in [2.24, 2.45) is 0 Å². The lowest BCUT2D eigenvalue weighted by Crippen LogP contribution is -1.85. The molecule has 1 aliphatic carbocycles. The number of benzene rings is 1. The summed E-state index contributed by atoms with van der Waals surface area (Å²) in [6.07, 6.45) is 0.856. The van der Waals surface area contributed by atoms with Gasteiger partial charge in [-0.2, -0.15) is 5.26 Å². The van der Waals surface area contributed by atoms with Crippen molar-refractivity contribution in [2.75, 3.05) is 5.73 Å². The largest absolute Gasteiger partial charge is 0.375 e. The zero-order chi connectivity index (χ0) is 10.4. The second-order valence-electron chi connectivity index (χ2n) is 3.48. The van der Waals surface area contributed by atoms with Crippen LogP contribution < -0.4 is 5.73 Å². The fourth-order valence-corrected chi connectivity index (χ4v) is 2.78. The highest BCUT2D eigenvalue weighted by atomic mass is 32.1. The van der Waals surface area contributed by atoms with Crippen LogP contribution in [0.3, 0.4) is 0 Å².